The summed E-state index contributed by atoms with van der Waals surface area (Å²) in [5, 5.41) is 9.49. The van der Waals surface area contributed by atoms with E-state index in [2.05, 4.69) is 52.0 Å². The highest BCUT2D eigenvalue weighted by atomic mass is 16.5. The smallest absolute Gasteiger partial charge is 0.127 e. The highest BCUT2D eigenvalue weighted by molar-refractivity contribution is 5.62. The van der Waals surface area contributed by atoms with Gasteiger partial charge in [0.2, 0.25) is 0 Å². The van der Waals surface area contributed by atoms with Crippen molar-refractivity contribution >= 4 is 0 Å². The van der Waals surface area contributed by atoms with Crippen LogP contribution in [0.15, 0.2) is 30.3 Å². The Morgan fingerprint density at radius 1 is 0.966 bits per heavy atom. The van der Waals surface area contributed by atoms with Crippen LogP contribution in [-0.2, 0) is 32.3 Å². The normalized spacial score (nSPS) is 14.5. The first kappa shape index (κ1) is 21.7. The summed E-state index contributed by atoms with van der Waals surface area (Å²) in [5.41, 5.74) is 6.20. The van der Waals surface area contributed by atoms with Crippen LogP contribution in [0.2, 0.25) is 0 Å². The Kier molecular flexibility index (Phi) is 7.23. The summed E-state index contributed by atoms with van der Waals surface area (Å²) in [5.74, 6) is 2.15. The molecule has 158 valence electrons. The van der Waals surface area contributed by atoms with E-state index in [1.165, 1.54) is 27.8 Å². The van der Waals surface area contributed by atoms with E-state index >= 15 is 0 Å². The lowest BCUT2D eigenvalue weighted by Crippen LogP contribution is -2.25. The highest BCUT2D eigenvalue weighted by Crippen LogP contribution is 2.47. The van der Waals surface area contributed by atoms with Gasteiger partial charge in [-0.3, -0.25) is 0 Å². The van der Waals surface area contributed by atoms with Crippen LogP contribution in [0.3, 0.4) is 0 Å². The molecule has 0 saturated carbocycles. The van der Waals surface area contributed by atoms with Crippen LogP contribution in [0.1, 0.15) is 74.8 Å². The molecular formula is C26H36O3. The van der Waals surface area contributed by atoms with Crippen LogP contribution >= 0.6 is 0 Å². The van der Waals surface area contributed by atoms with Crippen LogP contribution < -0.4 is 9.47 Å². The highest BCUT2D eigenvalue weighted by Gasteiger charge is 2.36. The molecule has 0 radical (unpaired) electrons. The summed E-state index contributed by atoms with van der Waals surface area (Å²) in [6, 6.07) is 10.4. The lowest BCUT2D eigenvalue weighted by Gasteiger charge is -2.23. The minimum Gasteiger partial charge on any atom is -0.488 e. The third-order valence-corrected chi connectivity index (χ3v) is 5.62. The minimum atomic E-state index is -0.194. The molecule has 2 aromatic rings. The van der Waals surface area contributed by atoms with Gasteiger partial charge in [0.05, 0.1) is 0 Å². The standard InChI is InChI=1S/C26H36O3/c1-5-11-20-22(15-10-16-27)25-23(17-26(3,4)29-25)21(12-6-2)24(20)28-18-19-13-8-7-9-14-19/h7-9,13-14,27H,5-6,10-12,15-18H2,1-4H3. The van der Waals surface area contributed by atoms with Gasteiger partial charge in [0.25, 0.3) is 0 Å². The maximum absolute atomic E-state index is 9.49. The first-order chi connectivity index (χ1) is 14.0. The molecule has 1 N–H and O–H groups in total. The second kappa shape index (κ2) is 9.67. The number of rotatable bonds is 10. The maximum atomic E-state index is 9.49. The van der Waals surface area contributed by atoms with Crippen molar-refractivity contribution in [2.45, 2.75) is 84.8 Å². The first-order valence-corrected chi connectivity index (χ1v) is 11.2. The summed E-state index contributed by atoms with van der Waals surface area (Å²) in [4.78, 5) is 0. The molecule has 3 nitrogen and oxygen atoms in total. The SMILES string of the molecule is CCCc1c(CCCO)c2c(c(CCC)c1OCc1ccccc1)CC(C)(C)O2. The number of benzene rings is 2. The van der Waals surface area contributed by atoms with Crippen molar-refractivity contribution in [2.75, 3.05) is 6.61 Å². The van der Waals surface area contributed by atoms with Crippen LogP contribution in [0, 0.1) is 0 Å². The molecule has 0 spiro atoms. The molecular weight excluding hydrogens is 360 g/mol. The van der Waals surface area contributed by atoms with Gasteiger partial charge in [-0.2, -0.15) is 0 Å². The number of aliphatic hydroxyl groups is 1. The van der Waals surface area contributed by atoms with Gasteiger partial charge in [-0.25, -0.2) is 0 Å². The molecule has 0 fully saturated rings. The zero-order valence-corrected chi connectivity index (χ0v) is 18.5. The minimum absolute atomic E-state index is 0.194. The van der Waals surface area contributed by atoms with Gasteiger partial charge in [0.1, 0.15) is 23.7 Å². The average molecular weight is 397 g/mol. The molecule has 1 aliphatic heterocycles. The molecule has 0 bridgehead atoms. The van der Waals surface area contributed by atoms with Crippen LogP contribution in [0.4, 0.5) is 0 Å². The fourth-order valence-corrected chi connectivity index (χ4v) is 4.41. The Hall–Kier alpha value is -2.00. The quantitative estimate of drug-likeness (QED) is 0.551. The molecule has 3 rings (SSSR count). The molecule has 0 unspecified atom stereocenters. The van der Waals surface area contributed by atoms with Gasteiger partial charge >= 0.3 is 0 Å². The number of ether oxygens (including phenoxy) is 2. The first-order valence-electron chi connectivity index (χ1n) is 11.2. The van der Waals surface area contributed by atoms with Crippen molar-refractivity contribution in [1.82, 2.24) is 0 Å². The number of hydrogen-bond donors (Lipinski definition) is 1. The summed E-state index contributed by atoms with van der Waals surface area (Å²) in [6.07, 6.45) is 6.60. The van der Waals surface area contributed by atoms with Crippen LogP contribution in [0.5, 0.6) is 11.5 Å². The van der Waals surface area contributed by atoms with E-state index in [1.54, 1.807) is 0 Å². The van der Waals surface area contributed by atoms with Gasteiger partial charge < -0.3 is 14.6 Å². The molecule has 29 heavy (non-hydrogen) atoms. The molecule has 3 heteroatoms. The van der Waals surface area contributed by atoms with E-state index < -0.39 is 0 Å². The monoisotopic (exact) mass is 396 g/mol. The molecule has 1 heterocycles. The van der Waals surface area contributed by atoms with Crippen molar-refractivity contribution in [3.63, 3.8) is 0 Å². The third-order valence-electron chi connectivity index (χ3n) is 5.62. The molecule has 0 amide bonds. The third kappa shape index (κ3) is 4.95. The largest absolute Gasteiger partial charge is 0.488 e. The molecule has 0 saturated heterocycles. The average Bonchev–Trinajstić information content (AvgIpc) is 3.03. The predicted octanol–water partition coefficient (Wildman–Crippen LogP) is 5.81. The Balaban J connectivity index is 2.12. The summed E-state index contributed by atoms with van der Waals surface area (Å²) >= 11 is 0. The summed E-state index contributed by atoms with van der Waals surface area (Å²) < 4.78 is 13.0. The van der Waals surface area contributed by atoms with Crippen molar-refractivity contribution in [3.8, 4) is 11.5 Å². The van der Waals surface area contributed by atoms with Gasteiger partial charge in [-0.1, -0.05) is 57.0 Å². The number of fused-ring (bicyclic) bond motifs is 1. The van der Waals surface area contributed by atoms with Crippen molar-refractivity contribution in [2.24, 2.45) is 0 Å². The topological polar surface area (TPSA) is 38.7 Å². The van der Waals surface area contributed by atoms with E-state index in [0.717, 1.165) is 56.4 Å². The Morgan fingerprint density at radius 2 is 1.66 bits per heavy atom. The molecule has 0 aromatic heterocycles. The Bertz CT molecular complexity index is 809. The predicted molar refractivity (Wildman–Crippen MR) is 119 cm³/mol. The molecule has 2 aromatic carbocycles. The summed E-state index contributed by atoms with van der Waals surface area (Å²) in [7, 11) is 0. The zero-order valence-electron chi connectivity index (χ0n) is 18.5. The fraction of sp³-hybridized carbons (Fsp3) is 0.538. The second-order valence-corrected chi connectivity index (χ2v) is 8.71. The van der Waals surface area contributed by atoms with Crippen LogP contribution in [-0.4, -0.2) is 17.3 Å². The molecule has 1 aliphatic rings. The van der Waals surface area contributed by atoms with E-state index in [0.29, 0.717) is 6.61 Å². The van der Waals surface area contributed by atoms with Crippen molar-refractivity contribution < 1.29 is 14.6 Å². The fourth-order valence-electron chi connectivity index (χ4n) is 4.41. The number of aliphatic hydroxyl groups excluding tert-OH is 1. The second-order valence-electron chi connectivity index (χ2n) is 8.71. The van der Waals surface area contributed by atoms with Gasteiger partial charge in [-0.05, 0) is 45.1 Å². The van der Waals surface area contributed by atoms with E-state index in [-0.39, 0.29) is 12.2 Å². The van der Waals surface area contributed by atoms with Crippen molar-refractivity contribution in [1.29, 1.82) is 0 Å². The van der Waals surface area contributed by atoms with Gasteiger partial charge in [-0.15, -0.1) is 0 Å². The van der Waals surface area contributed by atoms with E-state index in [1.807, 2.05) is 6.07 Å². The van der Waals surface area contributed by atoms with Crippen molar-refractivity contribution in [3.05, 3.63) is 58.1 Å². The Labute approximate surface area is 176 Å². The zero-order chi connectivity index (χ0) is 20.9. The van der Waals surface area contributed by atoms with Gasteiger partial charge in [0.15, 0.2) is 0 Å². The molecule has 0 atom stereocenters. The molecule has 0 aliphatic carbocycles. The summed E-state index contributed by atoms with van der Waals surface area (Å²) in [6.45, 7) is 9.56. The van der Waals surface area contributed by atoms with E-state index in [9.17, 15) is 5.11 Å². The Morgan fingerprint density at radius 3 is 2.31 bits per heavy atom. The van der Waals surface area contributed by atoms with Gasteiger partial charge in [0, 0.05) is 35.3 Å². The van der Waals surface area contributed by atoms with Crippen LogP contribution in [0.25, 0.3) is 0 Å². The maximum Gasteiger partial charge on any atom is 0.127 e. The van der Waals surface area contributed by atoms with E-state index in [4.69, 9.17) is 9.47 Å². The lowest BCUT2D eigenvalue weighted by molar-refractivity contribution is 0.137. The number of hydrogen-bond acceptors (Lipinski definition) is 3. The lowest BCUT2D eigenvalue weighted by atomic mass is 9.87.